The number of allylic oxidation sites excluding steroid dienone is 12. The molecular formula is C108H135N9O12. The standard InChI is InChI=1S/3C36H45N3O4/c1-21(40)24-19-39(20-38-24)30(43)36-14-12-31(2,3)17-22(36)28-25(41)16-27-33(6)18-23(37-9)29(42)32(4,5)26(33)10-11-34(27,7)35(28,8)13-15-36;1-21(40)24-19-38-20-39(24)30(43)36-14-12-31(2,3)17-22(36)28-25(41)16-27-33(6)18-23(37-9)29(42)32(4,5)26(33)10-11-34(27,7)35(28,8)13-15-36;1-21(40)29-38-16-17-39(29)30(43)36-14-12-31(2,3)19-22(36)27-24(41)18-26-33(6)20-23(37-9)28(42)32(4,5)25(33)10-11-34(26,7)35(27,8)13-15-36/h2*16,18-20,22,26,28H,10-15,17H2,1-8H3;16-18,20,22,25,27H,10-15,19H2,1-8H3. The maximum absolute atomic E-state index is 14.7. The molecule has 129 heavy (non-hydrogen) atoms. The van der Waals surface area contributed by atoms with E-state index in [4.69, 9.17) is 19.7 Å². The molecule has 3 aromatic rings. The van der Waals surface area contributed by atoms with E-state index in [-0.39, 0.29) is 190 Å². The molecule has 18 rings (SSSR count). The predicted octanol–water partition coefficient (Wildman–Crippen LogP) is 21.9. The van der Waals surface area contributed by atoms with Crippen LogP contribution < -0.4 is 0 Å². The highest BCUT2D eigenvalue weighted by Gasteiger charge is 2.76. The topological polar surface area (TPSA) is 271 Å². The van der Waals surface area contributed by atoms with Crippen molar-refractivity contribution in [3.63, 3.8) is 0 Å². The van der Waals surface area contributed by atoms with Crippen LogP contribution in [0.15, 0.2) is 108 Å². The number of rotatable bonds is 6. The van der Waals surface area contributed by atoms with Crippen molar-refractivity contribution in [2.75, 3.05) is 0 Å². The summed E-state index contributed by atoms with van der Waals surface area (Å²) in [5.41, 5.74) is -4.03. The Morgan fingerprint density at radius 2 is 0.713 bits per heavy atom. The van der Waals surface area contributed by atoms with Crippen LogP contribution in [-0.2, 0) is 28.8 Å². The number of hydrogen-bond donors (Lipinski definition) is 0. The van der Waals surface area contributed by atoms with Crippen LogP contribution in [0.3, 0.4) is 0 Å². The van der Waals surface area contributed by atoms with Gasteiger partial charge in [0.05, 0.1) is 42.2 Å². The largest absolute Gasteiger partial charge is 0.307 e. The lowest BCUT2D eigenvalue weighted by Crippen LogP contribution is -2.66. The fourth-order valence-electron chi connectivity index (χ4n) is 32.7. The second kappa shape index (κ2) is 29.3. The Morgan fingerprint density at radius 3 is 1.02 bits per heavy atom. The summed E-state index contributed by atoms with van der Waals surface area (Å²) in [6, 6.07) is 0. The monoisotopic (exact) mass is 1750 g/mol. The molecule has 0 saturated heterocycles. The molecule has 0 spiro atoms. The molecule has 0 radical (unpaired) electrons. The van der Waals surface area contributed by atoms with E-state index in [1.54, 1.807) is 12.4 Å². The second-order valence-corrected chi connectivity index (χ2v) is 49.2. The summed E-state index contributed by atoms with van der Waals surface area (Å²) >= 11 is 0. The van der Waals surface area contributed by atoms with Gasteiger partial charge in [-0.25, -0.2) is 29.5 Å². The van der Waals surface area contributed by atoms with Crippen molar-refractivity contribution >= 4 is 69.8 Å². The minimum atomic E-state index is -0.751. The minimum Gasteiger partial charge on any atom is -0.307 e. The number of hydrogen-bond acceptors (Lipinski definition) is 15. The molecule has 0 aliphatic heterocycles. The third-order valence-electron chi connectivity index (χ3n) is 40.4. The van der Waals surface area contributed by atoms with Gasteiger partial charge in [-0.1, -0.05) is 180 Å². The average Bonchev–Trinajstić information content (AvgIpc) is 1.22. The van der Waals surface area contributed by atoms with Gasteiger partial charge < -0.3 is 14.4 Å². The fourth-order valence-corrected chi connectivity index (χ4v) is 32.7. The van der Waals surface area contributed by atoms with E-state index >= 15 is 0 Å². The maximum atomic E-state index is 14.7. The number of carbonyl (C=O) groups is 12. The fraction of sp³-hybridized carbons (Fsp3) is 0.667. The normalized spacial score (nSPS) is 41.0. The van der Waals surface area contributed by atoms with Crippen LogP contribution in [-0.4, -0.2) is 98.4 Å². The number of Topliss-reactive ketones (excluding diaryl/α,β-unsaturated/α-hetero) is 6. The van der Waals surface area contributed by atoms with Crippen molar-refractivity contribution in [2.24, 2.45) is 151 Å². The number of fused-ring (bicyclic) bond motifs is 21. The van der Waals surface area contributed by atoms with Crippen LogP contribution in [0.1, 0.15) is 347 Å². The van der Waals surface area contributed by atoms with Gasteiger partial charge in [0.15, 0.2) is 57.9 Å². The van der Waals surface area contributed by atoms with Gasteiger partial charge in [-0.05, 0) is 237 Å². The number of aromatic nitrogens is 6. The average molecular weight is 1750 g/mol. The Morgan fingerprint density at radius 1 is 0.388 bits per heavy atom. The molecule has 21 unspecified atom stereocenters. The van der Waals surface area contributed by atoms with E-state index in [1.165, 1.54) is 59.5 Å². The molecule has 21 heteroatoms. The summed E-state index contributed by atoms with van der Waals surface area (Å²) in [6.07, 6.45) is 36.6. The summed E-state index contributed by atoms with van der Waals surface area (Å²) in [5.74, 6) is -2.29. The molecule has 21 atom stereocenters. The van der Waals surface area contributed by atoms with Gasteiger partial charge in [-0.3, -0.25) is 56.9 Å². The number of imidazole rings is 3. The molecule has 9 fully saturated rings. The van der Waals surface area contributed by atoms with Crippen LogP contribution >= 0.6 is 0 Å². The molecule has 3 heterocycles. The van der Waals surface area contributed by atoms with Gasteiger partial charge >= 0.3 is 0 Å². The van der Waals surface area contributed by atoms with Crippen molar-refractivity contribution < 1.29 is 57.5 Å². The summed E-state index contributed by atoms with van der Waals surface area (Å²) in [6.45, 7) is 73.2. The summed E-state index contributed by atoms with van der Waals surface area (Å²) < 4.78 is 4.42. The van der Waals surface area contributed by atoms with E-state index in [0.29, 0.717) is 57.1 Å². The van der Waals surface area contributed by atoms with E-state index in [9.17, 15) is 57.5 Å². The molecule has 0 aromatic carbocycles. The van der Waals surface area contributed by atoms with Crippen molar-refractivity contribution in [1.29, 1.82) is 0 Å². The summed E-state index contributed by atoms with van der Waals surface area (Å²) in [4.78, 5) is 188. The zero-order valence-electron chi connectivity index (χ0n) is 80.9. The Balaban J connectivity index is 0.000000142. The molecular weight excluding hydrogens is 1620 g/mol. The molecule has 0 amide bonds. The molecule has 0 N–H and O–H groups in total. The second-order valence-electron chi connectivity index (χ2n) is 49.2. The number of ketones is 9. The van der Waals surface area contributed by atoms with Gasteiger partial charge in [0.1, 0.15) is 24.0 Å². The number of nitrogens with zero attached hydrogens (tertiary/aromatic N) is 9. The highest BCUT2D eigenvalue weighted by Crippen LogP contribution is 2.80. The van der Waals surface area contributed by atoms with Crippen molar-refractivity contribution in [2.45, 2.75) is 301 Å². The smallest absolute Gasteiger partial charge is 0.238 e. The maximum Gasteiger partial charge on any atom is 0.238 e. The molecule has 9 saturated carbocycles. The highest BCUT2D eigenvalue weighted by molar-refractivity contribution is 6.07. The molecule has 15 aliphatic rings. The first-order valence-electron chi connectivity index (χ1n) is 47.7. The molecule has 0 bridgehead atoms. The van der Waals surface area contributed by atoms with Crippen LogP contribution in [0, 0.1) is 170 Å². The quantitative estimate of drug-likeness (QED) is 0.164. The Hall–Kier alpha value is -9.42. The molecule has 15 aliphatic carbocycles. The third kappa shape index (κ3) is 12.5. The van der Waals surface area contributed by atoms with E-state index in [2.05, 4.69) is 133 Å². The van der Waals surface area contributed by atoms with Gasteiger partial charge in [-0.15, -0.1) is 0 Å². The minimum absolute atomic E-state index is 0.000129. The lowest BCUT2D eigenvalue weighted by atomic mass is 9.34. The first kappa shape index (κ1) is 92.8. The lowest BCUT2D eigenvalue weighted by Gasteiger charge is -2.69. The Kier molecular flexibility index (Phi) is 21.1. The summed E-state index contributed by atoms with van der Waals surface area (Å²) in [7, 11) is 0. The zero-order valence-corrected chi connectivity index (χ0v) is 80.9. The van der Waals surface area contributed by atoms with Crippen LogP contribution in [0.5, 0.6) is 0 Å². The van der Waals surface area contributed by atoms with Crippen molar-refractivity contribution in [1.82, 2.24) is 28.7 Å². The van der Waals surface area contributed by atoms with Crippen LogP contribution in [0.25, 0.3) is 14.5 Å². The zero-order chi connectivity index (χ0) is 94.6. The molecule has 21 nitrogen and oxygen atoms in total. The van der Waals surface area contributed by atoms with Gasteiger partial charge in [0, 0.05) is 89.6 Å². The summed E-state index contributed by atoms with van der Waals surface area (Å²) in [5, 5.41) is 0. The molecule has 684 valence electrons. The third-order valence-corrected chi connectivity index (χ3v) is 40.4. The van der Waals surface area contributed by atoms with Crippen molar-refractivity contribution in [3.05, 3.63) is 159 Å². The van der Waals surface area contributed by atoms with Crippen molar-refractivity contribution in [3.8, 4) is 0 Å². The first-order chi connectivity index (χ1) is 59.7. The van der Waals surface area contributed by atoms with Crippen LogP contribution in [0.2, 0.25) is 0 Å². The Labute approximate surface area is 762 Å². The van der Waals surface area contributed by atoms with Gasteiger partial charge in [0.2, 0.25) is 34.8 Å². The molecule has 3 aromatic heterocycles. The van der Waals surface area contributed by atoms with Crippen LogP contribution in [0.4, 0.5) is 0 Å². The SMILES string of the molecule is [C-]#[N+]C1=CC2(C)C3=CC(=O)C4C5CC(C)(C)CCC5(C(=O)n5ccnc5C(C)=O)CCC4(C)C3(C)CCC2C(C)(C)C1=O.[C-]#[N+]C1=CC2(C)C3=CC(=O)C4C5CC(C)(C)CCC5(C(=O)n5cnc(C(C)=O)c5)CCC4(C)C3(C)CCC2C(C)(C)C1=O.[C-]#[N+]C1=CC2(C)C3=CC(=O)C4C5CC(C)(C)CCC5(C(=O)n5cncc5C(C)=O)CCC4(C)C3(C)CCC2C(C)(C)C1=O. The highest BCUT2D eigenvalue weighted by atomic mass is 16.2. The van der Waals surface area contributed by atoms with E-state index in [0.717, 1.165) is 100 Å². The van der Waals surface area contributed by atoms with E-state index in [1.807, 2.05) is 78.0 Å². The van der Waals surface area contributed by atoms with E-state index < -0.39 is 59.6 Å². The van der Waals surface area contributed by atoms with Gasteiger partial charge in [0.25, 0.3) is 0 Å². The Bertz CT molecular complexity index is 5630. The van der Waals surface area contributed by atoms with Gasteiger partial charge in [-0.2, -0.15) is 0 Å². The first-order valence-corrected chi connectivity index (χ1v) is 47.7. The predicted molar refractivity (Wildman–Crippen MR) is 488 cm³/mol. The number of carbonyl (C=O) groups excluding carboxylic acids is 12. The lowest BCUT2D eigenvalue weighted by molar-refractivity contribution is -0.165.